The van der Waals surface area contributed by atoms with Crippen molar-refractivity contribution in [3.8, 4) is 0 Å². The number of hydrogen-bond acceptors (Lipinski definition) is 0. The molecule has 0 bridgehead atoms. The van der Waals surface area contributed by atoms with Gasteiger partial charge in [0.25, 0.3) is 0 Å². The molecule has 2 fully saturated rings. The first kappa shape index (κ1) is 14.3. The van der Waals surface area contributed by atoms with Crippen molar-refractivity contribution in [1.82, 2.24) is 4.48 Å². The Labute approximate surface area is 128 Å². The second kappa shape index (κ2) is 5.12. The average Bonchev–Trinajstić information content (AvgIpc) is 2.89. The molecule has 2 aliphatic rings. The highest BCUT2D eigenvalue weighted by molar-refractivity contribution is 5.45. The quantitative estimate of drug-likeness (QED) is 0.518. The number of nitrogens with zero attached hydrogens (tertiary/aromatic N) is 1. The summed E-state index contributed by atoms with van der Waals surface area (Å²) in [7, 11) is 2.43. The van der Waals surface area contributed by atoms with Crippen molar-refractivity contribution in [3.05, 3.63) is 29.8 Å². The van der Waals surface area contributed by atoms with Gasteiger partial charge in [0.2, 0.25) is 0 Å². The number of hydrogen-bond donors (Lipinski definition) is 0. The normalized spacial score (nSPS) is 29.4. The lowest BCUT2D eigenvalue weighted by atomic mass is 9.85. The number of benzene rings is 1. The molecule has 0 radical (unpaired) electrons. The van der Waals surface area contributed by atoms with Gasteiger partial charge in [0.05, 0.1) is 20.1 Å². The Morgan fingerprint density at radius 2 is 1.83 bits per heavy atom. The molecule has 3 rings (SSSR count). The van der Waals surface area contributed by atoms with E-state index in [2.05, 4.69) is 38.2 Å². The molecule has 1 unspecified atom stereocenters. The fourth-order valence-corrected chi connectivity index (χ4v) is 4.10. The Balaban J connectivity index is 0.00000120. The van der Waals surface area contributed by atoms with Gasteiger partial charge in [-0.2, -0.15) is 0 Å². The van der Waals surface area contributed by atoms with E-state index in [1.165, 1.54) is 60.9 Å². The summed E-state index contributed by atoms with van der Waals surface area (Å²) in [5, 5.41) is 0. The standard InChI is InChI=1S/C16H24N.HI/c1-14-6-5-7-15(12-14)17(2)11-10-16(13-17)8-3-4-9-16;/h5-7,12H,3-4,8-11,13H2,1-2H3;1H/q+1;/p-1. The molecule has 1 aromatic rings. The predicted molar refractivity (Wildman–Crippen MR) is 74.1 cm³/mol. The van der Waals surface area contributed by atoms with Crippen molar-refractivity contribution in [2.24, 2.45) is 5.41 Å². The van der Waals surface area contributed by atoms with Gasteiger partial charge in [-0.3, -0.25) is 4.48 Å². The second-order valence-electron chi connectivity index (χ2n) is 6.57. The van der Waals surface area contributed by atoms with Gasteiger partial charge in [-0.05, 0) is 31.4 Å². The van der Waals surface area contributed by atoms with Gasteiger partial charge in [0, 0.05) is 17.9 Å². The van der Waals surface area contributed by atoms with E-state index < -0.39 is 0 Å². The van der Waals surface area contributed by atoms with E-state index in [0.717, 1.165) is 0 Å². The smallest absolute Gasteiger partial charge is 0.132 e. The zero-order chi connectivity index (χ0) is 11.9. The van der Waals surface area contributed by atoms with Crippen LogP contribution in [0.1, 0.15) is 37.7 Å². The minimum atomic E-state index is 0. The lowest BCUT2D eigenvalue weighted by Gasteiger charge is -2.31. The molecule has 1 nitrogen and oxygen atoms in total. The summed E-state index contributed by atoms with van der Waals surface area (Å²) in [6.07, 6.45) is 7.33. The van der Waals surface area contributed by atoms with Crippen molar-refractivity contribution < 1.29 is 24.0 Å². The maximum Gasteiger partial charge on any atom is 0.132 e. The Morgan fingerprint density at radius 3 is 2.50 bits per heavy atom. The first-order chi connectivity index (χ1) is 8.12. The molecule has 1 atom stereocenters. The fraction of sp³-hybridized carbons (Fsp3) is 0.625. The summed E-state index contributed by atoms with van der Waals surface area (Å²) < 4.78 is 1.17. The topological polar surface area (TPSA) is 0 Å². The van der Waals surface area contributed by atoms with Gasteiger partial charge in [-0.25, -0.2) is 0 Å². The molecule has 1 aliphatic carbocycles. The Bertz CT molecular complexity index is 423. The van der Waals surface area contributed by atoms with Crippen LogP contribution in [0.3, 0.4) is 0 Å². The van der Waals surface area contributed by atoms with E-state index in [-0.39, 0.29) is 24.0 Å². The van der Waals surface area contributed by atoms with Crippen LogP contribution in [0.25, 0.3) is 0 Å². The zero-order valence-corrected chi connectivity index (χ0v) is 13.7. The van der Waals surface area contributed by atoms with E-state index in [1.807, 2.05) is 0 Å². The fourth-order valence-electron chi connectivity index (χ4n) is 4.10. The molecule has 1 aromatic carbocycles. The number of quaternary nitrogens is 1. The van der Waals surface area contributed by atoms with Gasteiger partial charge < -0.3 is 24.0 Å². The molecule has 1 spiro atoms. The minimum absolute atomic E-state index is 0. The van der Waals surface area contributed by atoms with E-state index >= 15 is 0 Å². The molecule has 0 N–H and O–H groups in total. The van der Waals surface area contributed by atoms with Gasteiger partial charge in [0.1, 0.15) is 5.69 Å². The summed E-state index contributed by atoms with van der Waals surface area (Å²) >= 11 is 0. The minimum Gasteiger partial charge on any atom is -1.00 e. The van der Waals surface area contributed by atoms with E-state index in [0.29, 0.717) is 5.41 Å². The first-order valence-electron chi connectivity index (χ1n) is 7.04. The van der Waals surface area contributed by atoms with Gasteiger partial charge in [-0.15, -0.1) is 0 Å². The Hall–Kier alpha value is -0.0900. The monoisotopic (exact) mass is 357 g/mol. The van der Waals surface area contributed by atoms with Crippen molar-refractivity contribution in [2.75, 3.05) is 20.1 Å². The molecular weight excluding hydrogens is 333 g/mol. The molecule has 100 valence electrons. The van der Waals surface area contributed by atoms with Crippen LogP contribution in [0, 0.1) is 12.3 Å². The third-order valence-corrected chi connectivity index (χ3v) is 5.11. The number of rotatable bonds is 1. The molecule has 0 amide bonds. The summed E-state index contributed by atoms with van der Waals surface area (Å²) in [4.78, 5) is 0. The molecule has 2 heteroatoms. The summed E-state index contributed by atoms with van der Waals surface area (Å²) in [6.45, 7) is 4.91. The van der Waals surface area contributed by atoms with Crippen LogP contribution in [0.5, 0.6) is 0 Å². The van der Waals surface area contributed by atoms with Crippen LogP contribution in [0.2, 0.25) is 0 Å². The largest absolute Gasteiger partial charge is 1.00 e. The van der Waals surface area contributed by atoms with Crippen molar-refractivity contribution in [3.63, 3.8) is 0 Å². The number of halogens is 1. The van der Waals surface area contributed by atoms with E-state index in [1.54, 1.807) is 0 Å². The van der Waals surface area contributed by atoms with Crippen molar-refractivity contribution in [2.45, 2.75) is 39.0 Å². The maximum atomic E-state index is 2.43. The Kier molecular flexibility index (Phi) is 4.07. The Morgan fingerprint density at radius 1 is 1.11 bits per heavy atom. The van der Waals surface area contributed by atoms with Gasteiger partial charge >= 0.3 is 0 Å². The van der Waals surface area contributed by atoms with Gasteiger partial charge in [0.15, 0.2) is 0 Å². The van der Waals surface area contributed by atoms with Crippen LogP contribution in [0.15, 0.2) is 24.3 Å². The van der Waals surface area contributed by atoms with E-state index in [4.69, 9.17) is 0 Å². The molecular formula is C16H24IN. The summed E-state index contributed by atoms with van der Waals surface area (Å²) in [6, 6.07) is 9.12. The lowest BCUT2D eigenvalue weighted by molar-refractivity contribution is -0.00000398. The molecule has 1 saturated heterocycles. The summed E-state index contributed by atoms with van der Waals surface area (Å²) in [5.41, 5.74) is 3.61. The van der Waals surface area contributed by atoms with Crippen LogP contribution in [0.4, 0.5) is 5.69 Å². The average molecular weight is 357 g/mol. The third-order valence-electron chi connectivity index (χ3n) is 5.11. The van der Waals surface area contributed by atoms with Crippen LogP contribution in [-0.2, 0) is 0 Å². The van der Waals surface area contributed by atoms with Crippen molar-refractivity contribution in [1.29, 1.82) is 0 Å². The van der Waals surface area contributed by atoms with E-state index in [9.17, 15) is 0 Å². The van der Waals surface area contributed by atoms with Crippen molar-refractivity contribution >= 4 is 5.69 Å². The molecule has 1 aliphatic heterocycles. The maximum absolute atomic E-state index is 2.43. The highest BCUT2D eigenvalue weighted by Crippen LogP contribution is 2.48. The third kappa shape index (κ3) is 2.46. The molecule has 0 aromatic heterocycles. The molecule has 1 heterocycles. The molecule has 18 heavy (non-hydrogen) atoms. The molecule has 1 saturated carbocycles. The predicted octanol–water partition coefficient (Wildman–Crippen LogP) is 0.900. The van der Waals surface area contributed by atoms with Crippen LogP contribution in [-0.4, -0.2) is 20.1 Å². The second-order valence-corrected chi connectivity index (χ2v) is 6.57. The van der Waals surface area contributed by atoms with Gasteiger partial charge in [-0.1, -0.05) is 25.0 Å². The number of aryl methyl sites for hydroxylation is 1. The van der Waals surface area contributed by atoms with Crippen LogP contribution < -0.4 is 28.5 Å². The summed E-state index contributed by atoms with van der Waals surface area (Å²) in [5.74, 6) is 0. The zero-order valence-electron chi connectivity index (χ0n) is 11.6. The first-order valence-corrected chi connectivity index (χ1v) is 7.04. The van der Waals surface area contributed by atoms with Crippen LogP contribution >= 0.6 is 0 Å². The SMILES string of the molecule is Cc1cccc([N+]2(C)CCC3(CCCC3)C2)c1.[I-]. The highest BCUT2D eigenvalue weighted by atomic mass is 127. The lowest BCUT2D eigenvalue weighted by Crippen LogP contribution is -3.00. The highest BCUT2D eigenvalue weighted by Gasteiger charge is 2.48. The number of likely N-dealkylation sites (tertiary alicyclic amines) is 1.